The van der Waals surface area contributed by atoms with Gasteiger partial charge in [-0.2, -0.15) is 0 Å². The van der Waals surface area contributed by atoms with E-state index in [2.05, 4.69) is 4.98 Å². The van der Waals surface area contributed by atoms with Crippen LogP contribution in [-0.2, 0) is 0 Å². The smallest absolute Gasteiger partial charge is 0.336 e. The van der Waals surface area contributed by atoms with Crippen molar-refractivity contribution in [2.45, 2.75) is 20.0 Å². The van der Waals surface area contributed by atoms with E-state index in [0.29, 0.717) is 16.9 Å². The van der Waals surface area contributed by atoms with Gasteiger partial charge in [-0.3, -0.25) is 4.98 Å². The summed E-state index contributed by atoms with van der Waals surface area (Å²) in [5.74, 6) is -1.23. The number of benzene rings is 1. The lowest BCUT2D eigenvalue weighted by atomic mass is 10.0. The SMILES string of the molecule is CC(C)Oc1cncc(-c2ccc(F)cc2C(=O)O)c1. The number of aromatic carboxylic acids is 1. The number of hydrogen-bond donors (Lipinski definition) is 1. The average Bonchev–Trinajstić information content (AvgIpc) is 2.38. The van der Waals surface area contributed by atoms with Crippen LogP contribution in [0.5, 0.6) is 5.75 Å². The molecule has 2 aromatic rings. The van der Waals surface area contributed by atoms with Gasteiger partial charge < -0.3 is 9.84 Å². The van der Waals surface area contributed by atoms with Crippen LogP contribution in [0.4, 0.5) is 4.39 Å². The largest absolute Gasteiger partial charge is 0.489 e. The molecule has 0 saturated carbocycles. The van der Waals surface area contributed by atoms with Crippen molar-refractivity contribution in [1.29, 1.82) is 0 Å². The van der Waals surface area contributed by atoms with Crippen LogP contribution in [0.2, 0.25) is 0 Å². The van der Waals surface area contributed by atoms with E-state index < -0.39 is 11.8 Å². The van der Waals surface area contributed by atoms with E-state index in [4.69, 9.17) is 9.84 Å². The molecular weight excluding hydrogens is 261 g/mol. The predicted octanol–water partition coefficient (Wildman–Crippen LogP) is 3.37. The van der Waals surface area contributed by atoms with Gasteiger partial charge in [0.1, 0.15) is 11.6 Å². The van der Waals surface area contributed by atoms with Crippen molar-refractivity contribution < 1.29 is 19.0 Å². The van der Waals surface area contributed by atoms with Crippen LogP contribution >= 0.6 is 0 Å². The number of ether oxygens (including phenoxy) is 1. The van der Waals surface area contributed by atoms with Crippen LogP contribution in [0.25, 0.3) is 11.1 Å². The van der Waals surface area contributed by atoms with Crippen LogP contribution in [-0.4, -0.2) is 22.2 Å². The summed E-state index contributed by atoms with van der Waals surface area (Å²) in [6, 6.07) is 5.33. The van der Waals surface area contributed by atoms with Crippen molar-refractivity contribution in [3.05, 3.63) is 48.0 Å². The summed E-state index contributed by atoms with van der Waals surface area (Å²) in [5.41, 5.74) is 0.870. The van der Waals surface area contributed by atoms with Gasteiger partial charge in [0, 0.05) is 11.8 Å². The normalized spacial score (nSPS) is 10.6. The Morgan fingerprint density at radius 2 is 2.05 bits per heavy atom. The molecule has 20 heavy (non-hydrogen) atoms. The first-order valence-electron chi connectivity index (χ1n) is 6.12. The van der Waals surface area contributed by atoms with Crippen LogP contribution < -0.4 is 4.74 Å². The molecule has 104 valence electrons. The fourth-order valence-electron chi connectivity index (χ4n) is 1.85. The zero-order valence-electron chi connectivity index (χ0n) is 11.1. The molecule has 0 amide bonds. The molecule has 4 nitrogen and oxygen atoms in total. The van der Waals surface area contributed by atoms with Gasteiger partial charge in [-0.1, -0.05) is 6.07 Å². The van der Waals surface area contributed by atoms with Gasteiger partial charge in [-0.15, -0.1) is 0 Å². The summed E-state index contributed by atoms with van der Waals surface area (Å²) in [6.07, 6.45) is 3.06. The van der Waals surface area contributed by atoms with E-state index in [1.54, 1.807) is 12.3 Å². The van der Waals surface area contributed by atoms with Crippen molar-refractivity contribution in [1.82, 2.24) is 4.98 Å². The molecule has 1 aromatic heterocycles. The third-order valence-electron chi connectivity index (χ3n) is 2.61. The molecular formula is C15H14FNO3. The lowest BCUT2D eigenvalue weighted by Crippen LogP contribution is -2.06. The van der Waals surface area contributed by atoms with Crippen LogP contribution in [0.15, 0.2) is 36.7 Å². The van der Waals surface area contributed by atoms with Gasteiger partial charge in [0.05, 0.1) is 17.9 Å². The predicted molar refractivity (Wildman–Crippen MR) is 72.4 cm³/mol. The minimum Gasteiger partial charge on any atom is -0.489 e. The zero-order valence-corrected chi connectivity index (χ0v) is 11.1. The number of pyridine rings is 1. The van der Waals surface area contributed by atoms with Crippen molar-refractivity contribution in [2.24, 2.45) is 0 Å². The minimum absolute atomic E-state index is 0.0146. The number of hydrogen-bond acceptors (Lipinski definition) is 3. The Hall–Kier alpha value is -2.43. The molecule has 1 heterocycles. The Kier molecular flexibility index (Phi) is 3.98. The Labute approximate surface area is 115 Å². The molecule has 0 aliphatic carbocycles. The number of rotatable bonds is 4. The number of aromatic nitrogens is 1. The quantitative estimate of drug-likeness (QED) is 0.929. The first kappa shape index (κ1) is 14.0. The lowest BCUT2D eigenvalue weighted by Gasteiger charge is -2.11. The highest BCUT2D eigenvalue weighted by molar-refractivity contribution is 5.96. The third-order valence-corrected chi connectivity index (χ3v) is 2.61. The van der Waals surface area contributed by atoms with Gasteiger partial charge >= 0.3 is 5.97 Å². The standard InChI is InChI=1S/C15H14FNO3/c1-9(2)20-12-5-10(7-17-8-12)13-4-3-11(16)6-14(13)15(18)19/h3-9H,1-2H3,(H,18,19). The molecule has 0 saturated heterocycles. The number of carboxylic acid groups (broad SMARTS) is 1. The summed E-state index contributed by atoms with van der Waals surface area (Å²) in [4.78, 5) is 15.2. The Bertz CT molecular complexity index is 641. The van der Waals surface area contributed by atoms with Gasteiger partial charge in [0.25, 0.3) is 0 Å². The maximum Gasteiger partial charge on any atom is 0.336 e. The highest BCUT2D eigenvalue weighted by atomic mass is 19.1. The first-order chi connectivity index (χ1) is 9.47. The van der Waals surface area contributed by atoms with Crippen LogP contribution in [0.3, 0.4) is 0 Å². The molecule has 1 N–H and O–H groups in total. The molecule has 0 radical (unpaired) electrons. The van der Waals surface area contributed by atoms with E-state index in [1.807, 2.05) is 13.8 Å². The average molecular weight is 275 g/mol. The highest BCUT2D eigenvalue weighted by Crippen LogP contribution is 2.27. The first-order valence-corrected chi connectivity index (χ1v) is 6.12. The summed E-state index contributed by atoms with van der Waals surface area (Å²) in [5, 5.41) is 9.15. The van der Waals surface area contributed by atoms with E-state index in [1.165, 1.54) is 18.3 Å². The second-order valence-corrected chi connectivity index (χ2v) is 4.57. The number of halogens is 1. The lowest BCUT2D eigenvalue weighted by molar-refractivity contribution is 0.0697. The Morgan fingerprint density at radius 3 is 2.70 bits per heavy atom. The van der Waals surface area contributed by atoms with Gasteiger partial charge in [0.15, 0.2) is 0 Å². The fraction of sp³-hybridized carbons (Fsp3) is 0.200. The molecule has 0 aliphatic heterocycles. The Balaban J connectivity index is 2.48. The van der Waals surface area contributed by atoms with Crippen LogP contribution in [0.1, 0.15) is 24.2 Å². The second kappa shape index (κ2) is 5.69. The number of carboxylic acids is 1. The van der Waals surface area contributed by atoms with E-state index in [9.17, 15) is 9.18 Å². The molecule has 0 aliphatic rings. The monoisotopic (exact) mass is 275 g/mol. The molecule has 0 bridgehead atoms. The highest BCUT2D eigenvalue weighted by Gasteiger charge is 2.14. The zero-order chi connectivity index (χ0) is 14.7. The minimum atomic E-state index is -1.19. The van der Waals surface area contributed by atoms with E-state index >= 15 is 0 Å². The number of nitrogens with zero attached hydrogens (tertiary/aromatic N) is 1. The Morgan fingerprint density at radius 1 is 1.30 bits per heavy atom. The summed E-state index contributed by atoms with van der Waals surface area (Å²) < 4.78 is 18.7. The van der Waals surface area contributed by atoms with Gasteiger partial charge in [-0.25, -0.2) is 9.18 Å². The summed E-state index contributed by atoms with van der Waals surface area (Å²) >= 11 is 0. The topological polar surface area (TPSA) is 59.4 Å². The maximum absolute atomic E-state index is 13.2. The van der Waals surface area contributed by atoms with Gasteiger partial charge in [0.2, 0.25) is 0 Å². The van der Waals surface area contributed by atoms with Gasteiger partial charge in [-0.05, 0) is 37.6 Å². The number of carbonyl (C=O) groups is 1. The summed E-state index contributed by atoms with van der Waals surface area (Å²) in [7, 11) is 0. The van der Waals surface area contributed by atoms with Crippen molar-refractivity contribution in [3.8, 4) is 16.9 Å². The molecule has 5 heteroatoms. The third kappa shape index (κ3) is 3.12. The van der Waals surface area contributed by atoms with Crippen molar-refractivity contribution >= 4 is 5.97 Å². The van der Waals surface area contributed by atoms with E-state index in [-0.39, 0.29) is 11.7 Å². The molecule has 0 unspecified atom stereocenters. The second-order valence-electron chi connectivity index (χ2n) is 4.57. The fourth-order valence-corrected chi connectivity index (χ4v) is 1.85. The molecule has 2 rings (SSSR count). The van der Waals surface area contributed by atoms with Crippen molar-refractivity contribution in [2.75, 3.05) is 0 Å². The van der Waals surface area contributed by atoms with Crippen LogP contribution in [0, 0.1) is 5.82 Å². The summed E-state index contributed by atoms with van der Waals surface area (Å²) in [6.45, 7) is 3.76. The van der Waals surface area contributed by atoms with Crippen molar-refractivity contribution in [3.63, 3.8) is 0 Å². The molecule has 0 fully saturated rings. The molecule has 1 aromatic carbocycles. The van der Waals surface area contributed by atoms with E-state index in [0.717, 1.165) is 6.07 Å². The molecule has 0 atom stereocenters. The molecule has 0 spiro atoms. The maximum atomic E-state index is 13.2.